The zero-order valence-corrected chi connectivity index (χ0v) is 20.0. The second-order valence-corrected chi connectivity index (χ2v) is 7.91. The number of carbonyl (C=O) groups excluding carboxylic acids is 1. The molecule has 12 heteroatoms. The van der Waals surface area contributed by atoms with Crippen LogP contribution in [-0.4, -0.2) is 74.2 Å². The van der Waals surface area contributed by atoms with Gasteiger partial charge in [0.15, 0.2) is 16.5 Å². The third-order valence-electron chi connectivity index (χ3n) is 5.68. The van der Waals surface area contributed by atoms with E-state index in [-0.39, 0.29) is 0 Å². The lowest BCUT2D eigenvalue weighted by atomic mass is 10.1. The zero-order chi connectivity index (χ0) is 25.4. The number of benzene rings is 2. The maximum absolute atomic E-state index is 12.1. The highest BCUT2D eigenvalue weighted by Crippen LogP contribution is 2.40. The summed E-state index contributed by atoms with van der Waals surface area (Å²) in [5, 5.41) is 9.48. The minimum Gasteiger partial charge on any atom is -0.493 e. The van der Waals surface area contributed by atoms with E-state index >= 15 is 0 Å². The number of piperazine rings is 1. The maximum atomic E-state index is 12.1. The van der Waals surface area contributed by atoms with Crippen molar-refractivity contribution in [3.05, 3.63) is 63.2 Å². The molecule has 3 N–H and O–H groups in total. The molecule has 12 nitrogen and oxygen atoms in total. The molecule has 1 aliphatic rings. The van der Waals surface area contributed by atoms with Gasteiger partial charge >= 0.3 is 0 Å². The number of rotatable bonds is 9. The molecule has 1 aliphatic heterocycles. The van der Waals surface area contributed by atoms with Gasteiger partial charge in [0, 0.05) is 50.4 Å². The van der Waals surface area contributed by atoms with E-state index in [4.69, 9.17) is 19.9 Å². The van der Waals surface area contributed by atoms with E-state index in [0.29, 0.717) is 22.8 Å². The zero-order valence-electron chi connectivity index (χ0n) is 20.0. The SMILES string of the molecule is COc1ccc(CN2CCN(Cc3ccc(C(=O)N=C(N)N[N+](=O)[O-])cc3)CC2)c(OC)c1OC. The first-order chi connectivity index (χ1) is 16.8. The number of aliphatic imine (C=N–C) groups is 1. The summed E-state index contributed by atoms with van der Waals surface area (Å²) >= 11 is 0. The summed E-state index contributed by atoms with van der Waals surface area (Å²) < 4.78 is 16.5. The molecule has 1 fully saturated rings. The van der Waals surface area contributed by atoms with Crippen LogP contribution in [0, 0.1) is 10.1 Å². The smallest absolute Gasteiger partial charge is 0.280 e. The van der Waals surface area contributed by atoms with Gasteiger partial charge in [0.25, 0.3) is 11.9 Å². The van der Waals surface area contributed by atoms with Crippen molar-refractivity contribution in [3.8, 4) is 17.2 Å². The molecule has 0 aliphatic carbocycles. The number of nitrogens with one attached hydrogen (secondary N) is 1. The Hall–Kier alpha value is -3.90. The van der Waals surface area contributed by atoms with Gasteiger partial charge < -0.3 is 19.9 Å². The van der Waals surface area contributed by atoms with Gasteiger partial charge in [-0.25, -0.2) is 10.1 Å². The largest absolute Gasteiger partial charge is 0.493 e. The van der Waals surface area contributed by atoms with Crippen LogP contribution in [0.25, 0.3) is 0 Å². The van der Waals surface area contributed by atoms with Crippen LogP contribution in [0.3, 0.4) is 0 Å². The summed E-state index contributed by atoms with van der Waals surface area (Å²) in [6.45, 7) is 5.06. The summed E-state index contributed by atoms with van der Waals surface area (Å²) in [6, 6.07) is 10.9. The second-order valence-electron chi connectivity index (χ2n) is 7.91. The molecular formula is C23H30N6O6. The Kier molecular flexibility index (Phi) is 8.81. The lowest BCUT2D eigenvalue weighted by Crippen LogP contribution is -2.45. The number of hydrogen-bond acceptors (Lipinski definition) is 8. The minimum atomic E-state index is -0.876. The number of carbonyl (C=O) groups is 1. The van der Waals surface area contributed by atoms with Crippen molar-refractivity contribution in [2.24, 2.45) is 10.7 Å². The van der Waals surface area contributed by atoms with Gasteiger partial charge in [-0.1, -0.05) is 23.6 Å². The van der Waals surface area contributed by atoms with Crippen LogP contribution in [0.4, 0.5) is 0 Å². The molecule has 0 saturated carbocycles. The van der Waals surface area contributed by atoms with Crippen LogP contribution in [0.1, 0.15) is 21.5 Å². The number of hydrogen-bond donors (Lipinski definition) is 2. The third kappa shape index (κ3) is 6.80. The van der Waals surface area contributed by atoms with Crippen molar-refractivity contribution in [3.63, 3.8) is 0 Å². The van der Waals surface area contributed by atoms with Crippen LogP contribution < -0.4 is 25.4 Å². The van der Waals surface area contributed by atoms with E-state index in [0.717, 1.165) is 50.4 Å². The molecule has 188 valence electrons. The van der Waals surface area contributed by atoms with Crippen molar-refractivity contribution in [2.45, 2.75) is 13.1 Å². The van der Waals surface area contributed by atoms with Gasteiger partial charge in [0.2, 0.25) is 5.75 Å². The number of nitro groups is 1. The van der Waals surface area contributed by atoms with Crippen LogP contribution >= 0.6 is 0 Å². The highest BCUT2D eigenvalue weighted by Gasteiger charge is 2.21. The maximum Gasteiger partial charge on any atom is 0.280 e. The van der Waals surface area contributed by atoms with Crippen molar-refractivity contribution in [1.82, 2.24) is 15.2 Å². The highest BCUT2D eigenvalue weighted by molar-refractivity contribution is 6.02. The molecule has 0 atom stereocenters. The molecule has 0 radical (unpaired) electrons. The first-order valence-corrected chi connectivity index (χ1v) is 11.0. The first kappa shape index (κ1) is 25.7. The van der Waals surface area contributed by atoms with Gasteiger partial charge in [-0.2, -0.15) is 4.99 Å². The third-order valence-corrected chi connectivity index (χ3v) is 5.68. The van der Waals surface area contributed by atoms with E-state index in [9.17, 15) is 14.9 Å². The van der Waals surface area contributed by atoms with Crippen molar-refractivity contribution >= 4 is 11.9 Å². The number of methoxy groups -OCH3 is 3. The fraction of sp³-hybridized carbons (Fsp3) is 0.391. The number of amides is 1. The normalized spacial score (nSPS) is 14.9. The van der Waals surface area contributed by atoms with E-state index in [1.165, 1.54) is 0 Å². The summed E-state index contributed by atoms with van der Waals surface area (Å²) in [7, 11) is 4.83. The number of guanidine groups is 1. The van der Waals surface area contributed by atoms with Gasteiger partial charge in [-0.05, 0) is 23.8 Å². The fourth-order valence-corrected chi connectivity index (χ4v) is 3.94. The Balaban J connectivity index is 1.54. The van der Waals surface area contributed by atoms with E-state index in [1.807, 2.05) is 24.3 Å². The van der Waals surface area contributed by atoms with Crippen LogP contribution in [0.5, 0.6) is 17.2 Å². The number of nitrogens with two attached hydrogens (primary N) is 1. The Morgan fingerprint density at radius 3 is 2.11 bits per heavy atom. The van der Waals surface area contributed by atoms with Gasteiger partial charge in [-0.3, -0.25) is 14.6 Å². The predicted molar refractivity (Wildman–Crippen MR) is 129 cm³/mol. The molecule has 0 bridgehead atoms. The average Bonchev–Trinajstić information content (AvgIpc) is 2.84. The molecule has 3 rings (SSSR count). The molecule has 0 spiro atoms. The lowest BCUT2D eigenvalue weighted by Gasteiger charge is -2.35. The standard InChI is InChI=1S/C23H30N6O6/c1-33-19-9-8-18(20(34-2)21(19)35-3)15-28-12-10-27(11-13-28)14-16-4-6-17(7-5-16)22(30)25-23(24)26-29(31)32/h4-9H,10-15H2,1-3H3,(H3,24,25,26,30). The minimum absolute atomic E-state index is 0.301. The molecule has 1 saturated heterocycles. The Morgan fingerprint density at radius 2 is 1.57 bits per heavy atom. The van der Waals surface area contributed by atoms with Crippen LogP contribution in [-0.2, 0) is 13.1 Å². The molecule has 1 heterocycles. The first-order valence-electron chi connectivity index (χ1n) is 11.0. The number of hydrazine groups is 1. The Labute approximate surface area is 203 Å². The molecule has 0 unspecified atom stereocenters. The van der Waals surface area contributed by atoms with Gasteiger partial charge in [0.1, 0.15) is 0 Å². The van der Waals surface area contributed by atoms with E-state index in [2.05, 4.69) is 14.8 Å². The highest BCUT2D eigenvalue weighted by atomic mass is 16.7. The summed E-state index contributed by atoms with van der Waals surface area (Å²) in [5.74, 6) is 0.698. The Morgan fingerprint density at radius 1 is 0.971 bits per heavy atom. The van der Waals surface area contributed by atoms with Crippen molar-refractivity contribution in [1.29, 1.82) is 0 Å². The summed E-state index contributed by atoms with van der Waals surface area (Å²) in [6.07, 6.45) is 0. The summed E-state index contributed by atoms with van der Waals surface area (Å²) in [4.78, 5) is 30.6. The quantitative estimate of drug-likeness (QED) is 0.230. The summed E-state index contributed by atoms with van der Waals surface area (Å²) in [5.41, 5.74) is 9.35. The molecule has 2 aromatic rings. The fourth-order valence-electron chi connectivity index (χ4n) is 3.94. The lowest BCUT2D eigenvalue weighted by molar-refractivity contribution is -0.525. The molecule has 2 aromatic carbocycles. The molecule has 35 heavy (non-hydrogen) atoms. The molecular weight excluding hydrogens is 456 g/mol. The molecule has 1 amide bonds. The number of nitrogens with zero attached hydrogens (tertiary/aromatic N) is 4. The molecule has 0 aromatic heterocycles. The van der Waals surface area contributed by atoms with Gasteiger partial charge in [0.05, 0.1) is 21.3 Å². The Bertz CT molecular complexity index is 1070. The number of ether oxygens (including phenoxy) is 3. The monoisotopic (exact) mass is 486 g/mol. The second kappa shape index (κ2) is 12.0. The van der Waals surface area contributed by atoms with Crippen molar-refractivity contribution in [2.75, 3.05) is 47.5 Å². The topological polar surface area (TPSA) is 145 Å². The van der Waals surface area contributed by atoms with E-state index < -0.39 is 16.9 Å². The van der Waals surface area contributed by atoms with E-state index in [1.54, 1.807) is 38.9 Å². The van der Waals surface area contributed by atoms with Crippen LogP contribution in [0.2, 0.25) is 0 Å². The predicted octanol–water partition coefficient (Wildman–Crippen LogP) is 1.27. The van der Waals surface area contributed by atoms with Gasteiger partial charge in [-0.15, -0.1) is 0 Å². The van der Waals surface area contributed by atoms with Crippen molar-refractivity contribution < 1.29 is 24.0 Å². The van der Waals surface area contributed by atoms with Crippen LogP contribution in [0.15, 0.2) is 41.4 Å². The average molecular weight is 487 g/mol.